The van der Waals surface area contributed by atoms with Gasteiger partial charge in [-0.15, -0.1) is 0 Å². The maximum atomic E-state index is 4.52. The van der Waals surface area contributed by atoms with E-state index >= 15 is 0 Å². The number of thioether (sulfide) groups is 1. The van der Waals surface area contributed by atoms with Crippen LogP contribution in [-0.4, -0.2) is 42.4 Å². The molecule has 1 saturated heterocycles. The van der Waals surface area contributed by atoms with Gasteiger partial charge in [0, 0.05) is 25.8 Å². The minimum atomic E-state index is 0.554. The molecule has 1 atom stereocenters. The molecule has 0 saturated carbocycles. The first kappa shape index (κ1) is 11.7. The van der Waals surface area contributed by atoms with Gasteiger partial charge in [0.2, 0.25) is 0 Å². The second-order valence-corrected chi connectivity index (χ2v) is 4.79. The van der Waals surface area contributed by atoms with E-state index in [-0.39, 0.29) is 0 Å². The monoisotopic (exact) mass is 238 g/mol. The molecule has 0 aromatic carbocycles. The molecule has 1 aromatic heterocycles. The van der Waals surface area contributed by atoms with Gasteiger partial charge in [0.15, 0.2) is 5.16 Å². The first-order valence-corrected chi connectivity index (χ1v) is 6.84. The van der Waals surface area contributed by atoms with Gasteiger partial charge in [0.05, 0.1) is 0 Å². The number of hydrogen-bond donors (Lipinski definition) is 1. The van der Waals surface area contributed by atoms with Crippen molar-refractivity contribution in [3.63, 3.8) is 0 Å². The third-order valence-electron chi connectivity index (χ3n) is 2.98. The minimum absolute atomic E-state index is 0.554. The molecule has 5 heteroatoms. The zero-order chi connectivity index (χ0) is 11.4. The topological polar surface area (TPSA) is 41.1 Å². The van der Waals surface area contributed by atoms with Crippen LogP contribution in [0, 0.1) is 0 Å². The molecule has 2 rings (SSSR count). The number of hydrogen-bond acceptors (Lipinski definition) is 5. The van der Waals surface area contributed by atoms with Gasteiger partial charge in [-0.3, -0.25) is 0 Å². The summed E-state index contributed by atoms with van der Waals surface area (Å²) >= 11 is 1.58. The summed E-state index contributed by atoms with van der Waals surface area (Å²) in [6.45, 7) is 2.19. The molecule has 1 aromatic rings. The van der Waals surface area contributed by atoms with Crippen molar-refractivity contribution >= 4 is 17.6 Å². The number of rotatable bonds is 3. The van der Waals surface area contributed by atoms with Crippen LogP contribution in [0.15, 0.2) is 17.4 Å². The molecule has 0 bridgehead atoms. The lowest BCUT2D eigenvalue weighted by atomic mass is 10.1. The molecule has 0 spiro atoms. The number of likely N-dealkylation sites (N-methyl/N-ethyl adjacent to an activating group) is 1. The predicted molar refractivity (Wildman–Crippen MR) is 68.1 cm³/mol. The van der Waals surface area contributed by atoms with Crippen LogP contribution in [0.2, 0.25) is 0 Å². The molecule has 88 valence electrons. The maximum Gasteiger partial charge on any atom is 0.189 e. The van der Waals surface area contributed by atoms with Crippen LogP contribution in [0.1, 0.15) is 12.8 Å². The Balaban J connectivity index is 2.09. The van der Waals surface area contributed by atoms with Crippen LogP contribution >= 0.6 is 11.8 Å². The summed E-state index contributed by atoms with van der Waals surface area (Å²) in [5.41, 5.74) is 0. The Morgan fingerprint density at radius 3 is 3.12 bits per heavy atom. The SMILES string of the molecule is CSc1nccc(N(C)C2CCCNC2)n1. The van der Waals surface area contributed by atoms with Gasteiger partial charge in [-0.25, -0.2) is 9.97 Å². The molecule has 16 heavy (non-hydrogen) atoms. The van der Waals surface area contributed by atoms with Gasteiger partial charge in [-0.2, -0.15) is 0 Å². The molecule has 2 heterocycles. The summed E-state index contributed by atoms with van der Waals surface area (Å²) in [6, 6.07) is 2.53. The smallest absolute Gasteiger partial charge is 0.189 e. The largest absolute Gasteiger partial charge is 0.355 e. The highest BCUT2D eigenvalue weighted by Gasteiger charge is 2.18. The Morgan fingerprint density at radius 2 is 2.44 bits per heavy atom. The van der Waals surface area contributed by atoms with Crippen molar-refractivity contribution in [2.45, 2.75) is 24.0 Å². The second-order valence-electron chi connectivity index (χ2n) is 4.01. The second kappa shape index (κ2) is 5.50. The van der Waals surface area contributed by atoms with Crippen molar-refractivity contribution < 1.29 is 0 Å². The molecule has 0 aliphatic carbocycles. The van der Waals surface area contributed by atoms with E-state index in [0.29, 0.717) is 6.04 Å². The average Bonchev–Trinajstić information content (AvgIpc) is 2.39. The third-order valence-corrected chi connectivity index (χ3v) is 3.54. The Labute approximate surface area is 101 Å². The van der Waals surface area contributed by atoms with Crippen LogP contribution in [0.4, 0.5) is 5.82 Å². The summed E-state index contributed by atoms with van der Waals surface area (Å²) < 4.78 is 0. The van der Waals surface area contributed by atoms with Crippen LogP contribution < -0.4 is 10.2 Å². The zero-order valence-corrected chi connectivity index (χ0v) is 10.6. The van der Waals surface area contributed by atoms with E-state index in [9.17, 15) is 0 Å². The van der Waals surface area contributed by atoms with Crippen molar-refractivity contribution in [1.29, 1.82) is 0 Å². The maximum absolute atomic E-state index is 4.52. The van der Waals surface area contributed by atoms with Crippen LogP contribution in [-0.2, 0) is 0 Å². The van der Waals surface area contributed by atoms with E-state index < -0.39 is 0 Å². The highest BCUT2D eigenvalue weighted by atomic mass is 32.2. The molecule has 1 aliphatic rings. The van der Waals surface area contributed by atoms with Crippen molar-refractivity contribution in [1.82, 2.24) is 15.3 Å². The van der Waals surface area contributed by atoms with E-state index in [1.807, 2.05) is 18.5 Å². The van der Waals surface area contributed by atoms with E-state index in [1.54, 1.807) is 11.8 Å². The fourth-order valence-corrected chi connectivity index (χ4v) is 2.33. The number of nitrogens with one attached hydrogen (secondary N) is 1. The van der Waals surface area contributed by atoms with Gasteiger partial charge < -0.3 is 10.2 Å². The fourth-order valence-electron chi connectivity index (χ4n) is 1.98. The van der Waals surface area contributed by atoms with Crippen LogP contribution in [0.25, 0.3) is 0 Å². The third kappa shape index (κ3) is 2.65. The molecule has 1 aliphatic heterocycles. The van der Waals surface area contributed by atoms with Crippen molar-refractivity contribution in [3.05, 3.63) is 12.3 Å². The first-order valence-electron chi connectivity index (χ1n) is 5.62. The van der Waals surface area contributed by atoms with Gasteiger partial charge in [-0.1, -0.05) is 11.8 Å². The number of nitrogens with zero attached hydrogens (tertiary/aromatic N) is 3. The fraction of sp³-hybridized carbons (Fsp3) is 0.636. The lowest BCUT2D eigenvalue weighted by Crippen LogP contribution is -2.44. The zero-order valence-electron chi connectivity index (χ0n) is 9.81. The molecule has 0 amide bonds. The Hall–Kier alpha value is -0.810. The Bertz CT molecular complexity index is 339. The minimum Gasteiger partial charge on any atom is -0.355 e. The quantitative estimate of drug-likeness (QED) is 0.636. The molecule has 4 nitrogen and oxygen atoms in total. The summed E-state index contributed by atoms with van der Waals surface area (Å²) in [6.07, 6.45) is 6.32. The van der Waals surface area contributed by atoms with Crippen molar-refractivity contribution in [2.75, 3.05) is 31.3 Å². The lowest BCUT2D eigenvalue weighted by Gasteiger charge is -2.32. The molecule has 1 unspecified atom stereocenters. The highest BCUT2D eigenvalue weighted by Crippen LogP contribution is 2.18. The molecule has 0 radical (unpaired) electrons. The highest BCUT2D eigenvalue weighted by molar-refractivity contribution is 7.98. The average molecular weight is 238 g/mol. The van der Waals surface area contributed by atoms with Crippen LogP contribution in [0.3, 0.4) is 0 Å². The summed E-state index contributed by atoms with van der Waals surface area (Å²) in [5.74, 6) is 1.02. The van der Waals surface area contributed by atoms with E-state index in [1.165, 1.54) is 12.8 Å². The van der Waals surface area contributed by atoms with E-state index in [0.717, 1.165) is 24.1 Å². The molecule has 1 fully saturated rings. The van der Waals surface area contributed by atoms with Gasteiger partial charge in [0.1, 0.15) is 5.82 Å². The van der Waals surface area contributed by atoms with Gasteiger partial charge in [-0.05, 0) is 31.7 Å². The standard InChI is InChI=1S/C11H18N4S/c1-15(9-4-3-6-12-8-9)10-5-7-13-11(14-10)16-2/h5,7,9,12H,3-4,6,8H2,1-2H3. The normalized spacial score (nSPS) is 20.8. The number of anilines is 1. The Kier molecular flexibility index (Phi) is 4.01. The van der Waals surface area contributed by atoms with Crippen LogP contribution in [0.5, 0.6) is 0 Å². The van der Waals surface area contributed by atoms with E-state index in [4.69, 9.17) is 0 Å². The summed E-state index contributed by atoms with van der Waals surface area (Å²) in [4.78, 5) is 11.0. The predicted octanol–water partition coefficient (Wildman–Crippen LogP) is 1.39. The molecule has 1 N–H and O–H groups in total. The number of aromatic nitrogens is 2. The van der Waals surface area contributed by atoms with Gasteiger partial charge in [0.25, 0.3) is 0 Å². The lowest BCUT2D eigenvalue weighted by molar-refractivity contribution is 0.442. The summed E-state index contributed by atoms with van der Waals surface area (Å²) in [5, 5.41) is 4.26. The van der Waals surface area contributed by atoms with E-state index in [2.05, 4.69) is 27.2 Å². The Morgan fingerprint density at radius 1 is 1.56 bits per heavy atom. The van der Waals surface area contributed by atoms with Crippen molar-refractivity contribution in [2.24, 2.45) is 0 Å². The molecular weight excluding hydrogens is 220 g/mol. The first-order chi connectivity index (χ1) is 7.81. The van der Waals surface area contributed by atoms with Crippen molar-refractivity contribution in [3.8, 4) is 0 Å². The van der Waals surface area contributed by atoms with Gasteiger partial charge >= 0.3 is 0 Å². The molecular formula is C11H18N4S. The number of piperidine rings is 1. The summed E-state index contributed by atoms with van der Waals surface area (Å²) in [7, 11) is 2.12.